The van der Waals surface area contributed by atoms with E-state index in [4.69, 9.17) is 41.4 Å². The third-order valence-corrected chi connectivity index (χ3v) is 1.95. The predicted molar refractivity (Wildman–Crippen MR) is 71.4 cm³/mol. The summed E-state index contributed by atoms with van der Waals surface area (Å²) in [4.78, 5) is 2.72. The fourth-order valence-corrected chi connectivity index (χ4v) is 0.875. The number of halogens is 2. The van der Waals surface area contributed by atoms with Gasteiger partial charge >= 0.3 is 56.5 Å². The van der Waals surface area contributed by atoms with Crippen LogP contribution in [0.4, 0.5) is 4.39 Å². The molecule has 0 spiro atoms. The maximum absolute atomic E-state index is 12.7. The molecule has 0 aliphatic rings. The van der Waals surface area contributed by atoms with Crippen molar-refractivity contribution in [1.82, 2.24) is 0 Å². The van der Waals surface area contributed by atoms with Crippen LogP contribution >= 0.6 is 11.6 Å². The SMILES string of the molecule is [C-]#[N+]/C(Cl)=C(/F)C#C[Si](C)(C)C.[C-]#[O+].[C-]#[O+].[C-]#[O+].[C-]#[O+].[C-]#[O+].[Cr]. The van der Waals surface area contributed by atoms with E-state index in [0.29, 0.717) is 0 Å². The number of hydrogen-bond acceptors (Lipinski definition) is 0. The van der Waals surface area contributed by atoms with Crippen molar-refractivity contribution in [2.45, 2.75) is 19.6 Å². The Morgan fingerprint density at radius 3 is 1.35 bits per heavy atom. The molecule has 0 aliphatic carbocycles. The first-order chi connectivity index (χ1) is 10.4. The largest absolute Gasteiger partial charge is 0 e. The van der Waals surface area contributed by atoms with E-state index in [1.165, 1.54) is 0 Å². The van der Waals surface area contributed by atoms with E-state index in [0.717, 1.165) is 0 Å². The van der Waals surface area contributed by atoms with Crippen LogP contribution in [0, 0.1) is 51.3 Å². The second-order valence-electron chi connectivity index (χ2n) is 3.22. The van der Waals surface area contributed by atoms with Gasteiger partial charge < -0.3 is 0 Å². The summed E-state index contributed by atoms with van der Waals surface area (Å²) < 4.78 is 50.2. The molecule has 0 bridgehead atoms. The van der Waals surface area contributed by atoms with E-state index >= 15 is 0 Å². The molecular weight excluding hydrogens is 385 g/mol. The number of hydrogen-bond donors (Lipinski definition) is 0. The number of nitrogens with zero attached hydrogens (tertiary/aromatic N) is 1. The van der Waals surface area contributed by atoms with Crippen LogP contribution in [0.3, 0.4) is 0 Å². The van der Waals surface area contributed by atoms with Gasteiger partial charge in [0.1, 0.15) is 8.07 Å². The van der Waals surface area contributed by atoms with Crippen LogP contribution in [-0.2, 0) is 40.6 Å². The van der Waals surface area contributed by atoms with Crippen LogP contribution in [-0.4, -0.2) is 8.07 Å². The zero-order chi connectivity index (χ0) is 19.8. The summed E-state index contributed by atoms with van der Waals surface area (Å²) in [6.07, 6.45) is 0. The molecule has 0 N–H and O–H groups in total. The van der Waals surface area contributed by atoms with Gasteiger partial charge in [-0.15, -0.1) is 17.1 Å². The predicted octanol–water partition coefficient (Wildman–Crippen LogP) is 2.97. The van der Waals surface area contributed by atoms with Crippen molar-refractivity contribution in [3.8, 4) is 11.5 Å². The number of rotatable bonds is 0. The smallest absolute Gasteiger partial charge is 0 e. The Balaban J connectivity index is -0.0000000396. The van der Waals surface area contributed by atoms with E-state index < -0.39 is 19.1 Å². The second kappa shape index (κ2) is 42.8. The van der Waals surface area contributed by atoms with Crippen LogP contribution < -0.4 is 0 Å². The van der Waals surface area contributed by atoms with Crippen molar-refractivity contribution in [3.05, 3.63) is 55.7 Å². The molecule has 0 radical (unpaired) electrons. The van der Waals surface area contributed by atoms with Crippen molar-refractivity contribution in [2.24, 2.45) is 0 Å². The third-order valence-electron chi connectivity index (χ3n) is 0.827. The van der Waals surface area contributed by atoms with Crippen molar-refractivity contribution in [1.29, 1.82) is 0 Å². The molecule has 10 heteroatoms. The van der Waals surface area contributed by atoms with E-state index in [2.05, 4.69) is 49.6 Å². The minimum absolute atomic E-state index is 0. The maximum Gasteiger partial charge on any atom is 0 e. The van der Waals surface area contributed by atoms with Gasteiger partial charge in [-0.2, -0.15) is 0 Å². The van der Waals surface area contributed by atoms with Crippen LogP contribution in [0.5, 0.6) is 0 Å². The molecule has 0 heterocycles. The first kappa shape index (κ1) is 43.0. The summed E-state index contributed by atoms with van der Waals surface area (Å²) in [6.45, 7) is 34.9. The molecule has 0 aromatic carbocycles. The molecule has 0 saturated carbocycles. The Labute approximate surface area is 151 Å². The fourth-order valence-electron chi connectivity index (χ4n) is 0.343. The van der Waals surface area contributed by atoms with Gasteiger partial charge in [0.15, 0.2) is 5.83 Å². The van der Waals surface area contributed by atoms with Crippen molar-refractivity contribution < 1.29 is 45.0 Å². The Bertz CT molecular complexity index is 467. The topological polar surface area (TPSA) is 104 Å². The maximum atomic E-state index is 12.7. The van der Waals surface area contributed by atoms with Gasteiger partial charge in [0, 0.05) is 17.4 Å². The van der Waals surface area contributed by atoms with Crippen LogP contribution in [0.2, 0.25) is 19.6 Å². The summed E-state index contributed by atoms with van der Waals surface area (Å²) in [5, 5.41) is -0.485. The van der Waals surface area contributed by atoms with Crippen molar-refractivity contribution in [2.75, 3.05) is 0 Å². The molecule has 0 aliphatic heterocycles. The standard InChI is InChI=1S/C8H9ClFNSi.5CO.Cr/c1-11-8(9)7(10)5-6-12(2,3)4;5*1-2;/h2-4H3;;;;;;/b8-7+;;;;;;. The molecule has 0 rings (SSSR count). The second-order valence-corrected chi connectivity index (χ2v) is 8.32. The molecule has 0 unspecified atom stereocenters. The zero-order valence-corrected chi connectivity index (χ0v) is 15.2. The Morgan fingerprint density at radius 1 is 0.913 bits per heavy atom. The Kier molecular flexibility index (Phi) is 79.9. The van der Waals surface area contributed by atoms with Gasteiger partial charge in [0.2, 0.25) is 0 Å². The summed E-state index contributed by atoms with van der Waals surface area (Å²) in [7, 11) is -1.58. The minimum atomic E-state index is -1.58. The molecule has 0 aromatic heterocycles. The first-order valence-corrected chi connectivity index (χ1v) is 8.22. The molecule has 23 heavy (non-hydrogen) atoms. The summed E-state index contributed by atoms with van der Waals surface area (Å²) >= 11 is 5.21. The van der Waals surface area contributed by atoms with Crippen LogP contribution in [0.25, 0.3) is 4.85 Å². The summed E-state index contributed by atoms with van der Waals surface area (Å²) in [5.41, 5.74) is 2.77. The van der Waals surface area contributed by atoms with Gasteiger partial charge in [-0.25, -0.2) is 9.24 Å². The van der Waals surface area contributed by atoms with Gasteiger partial charge in [-0.05, 0) is 0 Å². The van der Waals surface area contributed by atoms with E-state index in [9.17, 15) is 4.39 Å². The van der Waals surface area contributed by atoms with Crippen LogP contribution in [0.1, 0.15) is 0 Å². The first-order valence-electron chi connectivity index (χ1n) is 4.35. The van der Waals surface area contributed by atoms with E-state index in [1.54, 1.807) is 0 Å². The van der Waals surface area contributed by atoms with Crippen LogP contribution in [0.15, 0.2) is 11.0 Å². The third kappa shape index (κ3) is 63.7. The van der Waals surface area contributed by atoms with Gasteiger partial charge in [0.25, 0.3) is 5.16 Å². The molecule has 0 fully saturated rings. The van der Waals surface area contributed by atoms with Crippen molar-refractivity contribution in [3.63, 3.8) is 0 Å². The van der Waals surface area contributed by atoms with E-state index in [-0.39, 0.29) is 17.4 Å². The molecule has 0 atom stereocenters. The van der Waals surface area contributed by atoms with Gasteiger partial charge in [0.05, 0.1) is 6.57 Å². The number of allylic oxidation sites excluding steroid dienone is 1. The molecule has 0 aromatic rings. The normalized spacial score (nSPS) is 6.87. The average molecular weight is 394 g/mol. The monoisotopic (exact) mass is 393 g/mol. The molecule has 6 nitrogen and oxygen atoms in total. The Hall–Kier alpha value is -1.54. The van der Waals surface area contributed by atoms with Gasteiger partial charge in [-0.1, -0.05) is 25.6 Å². The molecule has 0 saturated heterocycles. The average Bonchev–Trinajstić information content (AvgIpc) is 2.60. The quantitative estimate of drug-likeness (QED) is 0.198. The molecular formula is C13H9ClCrFNO5Si. The summed E-state index contributed by atoms with van der Waals surface area (Å²) in [6, 6.07) is 0. The summed E-state index contributed by atoms with van der Waals surface area (Å²) in [5.74, 6) is 1.43. The minimum Gasteiger partial charge on any atom is 0 e. The molecule has 120 valence electrons. The van der Waals surface area contributed by atoms with Gasteiger partial charge in [-0.3, -0.25) is 0 Å². The zero-order valence-electron chi connectivity index (χ0n) is 12.2. The van der Waals surface area contributed by atoms with Crippen molar-refractivity contribution >= 4 is 19.7 Å². The van der Waals surface area contributed by atoms with E-state index in [1.807, 2.05) is 19.6 Å². The fraction of sp³-hybridized carbons (Fsp3) is 0.231. The Morgan fingerprint density at radius 2 is 1.17 bits per heavy atom. The molecule has 0 amide bonds.